The number of aliphatic imine (C=N–C) groups is 1. The molecule has 0 bridgehead atoms. The van der Waals surface area contributed by atoms with Gasteiger partial charge in [-0.15, -0.1) is 24.0 Å². The Labute approximate surface area is 203 Å². The number of rotatable bonds is 10. The van der Waals surface area contributed by atoms with Crippen LogP contribution in [0.5, 0.6) is 0 Å². The second-order valence-corrected chi connectivity index (χ2v) is 9.69. The fraction of sp³-hybridized carbons (Fsp3) is 0.667. The Kier molecular flexibility index (Phi) is 9.99. The molecule has 0 amide bonds. The van der Waals surface area contributed by atoms with Gasteiger partial charge in [-0.3, -0.25) is 4.99 Å². The maximum Gasteiger partial charge on any atom is 0.240 e. The predicted molar refractivity (Wildman–Crippen MR) is 132 cm³/mol. The van der Waals surface area contributed by atoms with Gasteiger partial charge in [0.15, 0.2) is 5.96 Å². The summed E-state index contributed by atoms with van der Waals surface area (Å²) in [6, 6.07) is 7.29. The second-order valence-electron chi connectivity index (χ2n) is 7.93. The molecule has 3 N–H and O–H groups in total. The molecule has 0 aliphatic heterocycles. The first-order chi connectivity index (χ1) is 14.4. The van der Waals surface area contributed by atoms with Crippen molar-refractivity contribution in [3.63, 3.8) is 0 Å². The Bertz CT molecular complexity index is 846. The molecule has 3 rings (SSSR count). The highest BCUT2D eigenvalue weighted by Crippen LogP contribution is 2.57. The molecule has 0 radical (unpaired) electrons. The quantitative estimate of drug-likeness (QED) is 0.174. The minimum Gasteiger partial charge on any atom is -0.383 e. The van der Waals surface area contributed by atoms with E-state index >= 15 is 0 Å². The Morgan fingerprint density at radius 3 is 2.71 bits per heavy atom. The van der Waals surface area contributed by atoms with Crippen LogP contribution in [0.3, 0.4) is 0 Å². The van der Waals surface area contributed by atoms with Crippen molar-refractivity contribution < 1.29 is 17.9 Å². The van der Waals surface area contributed by atoms with E-state index in [0.717, 1.165) is 24.6 Å². The normalized spacial score (nSPS) is 22.2. The minimum absolute atomic E-state index is 0. The molecule has 2 fully saturated rings. The average molecular weight is 567 g/mol. The van der Waals surface area contributed by atoms with Crippen molar-refractivity contribution in [3.8, 4) is 0 Å². The summed E-state index contributed by atoms with van der Waals surface area (Å²) in [7, 11) is -0.265. The molecule has 2 saturated carbocycles. The van der Waals surface area contributed by atoms with Gasteiger partial charge in [-0.25, -0.2) is 13.1 Å². The highest BCUT2D eigenvalue weighted by Gasteiger charge is 2.59. The van der Waals surface area contributed by atoms with Gasteiger partial charge in [0.1, 0.15) is 0 Å². The summed E-state index contributed by atoms with van der Waals surface area (Å²) in [6.07, 6.45) is 4.99. The zero-order chi connectivity index (χ0) is 21.6. The number of hydrogen-bond acceptors (Lipinski definition) is 5. The van der Waals surface area contributed by atoms with Gasteiger partial charge in [0, 0.05) is 45.3 Å². The molecule has 8 nitrogen and oxygen atoms in total. The third kappa shape index (κ3) is 6.10. The molecule has 0 aromatic heterocycles. The van der Waals surface area contributed by atoms with Gasteiger partial charge in [-0.2, -0.15) is 0 Å². The van der Waals surface area contributed by atoms with Crippen LogP contribution in [-0.4, -0.2) is 60.4 Å². The van der Waals surface area contributed by atoms with Gasteiger partial charge in [-0.1, -0.05) is 18.6 Å². The van der Waals surface area contributed by atoms with E-state index in [1.807, 2.05) is 6.07 Å². The van der Waals surface area contributed by atoms with Crippen LogP contribution in [0.1, 0.15) is 38.2 Å². The second kappa shape index (κ2) is 11.8. The summed E-state index contributed by atoms with van der Waals surface area (Å²) in [5.74, 6) is 0.729. The molecule has 2 atom stereocenters. The van der Waals surface area contributed by atoms with E-state index in [0.29, 0.717) is 25.3 Å². The van der Waals surface area contributed by atoms with E-state index < -0.39 is 10.0 Å². The Morgan fingerprint density at radius 2 is 2.10 bits per heavy atom. The molecular weight excluding hydrogens is 531 g/mol. The lowest BCUT2D eigenvalue weighted by molar-refractivity contribution is -0.168. The zero-order valence-corrected chi connectivity index (χ0v) is 21.7. The van der Waals surface area contributed by atoms with Crippen molar-refractivity contribution in [1.82, 2.24) is 15.4 Å². The number of methoxy groups -OCH3 is 1. The van der Waals surface area contributed by atoms with Crippen LogP contribution >= 0.6 is 24.0 Å². The van der Waals surface area contributed by atoms with Gasteiger partial charge in [0.05, 0.1) is 17.6 Å². The fourth-order valence-electron chi connectivity index (χ4n) is 4.37. The number of benzene rings is 1. The Hall–Kier alpha value is -0.950. The maximum absolute atomic E-state index is 12.4. The molecule has 31 heavy (non-hydrogen) atoms. The summed E-state index contributed by atoms with van der Waals surface area (Å²) in [5, 5.41) is 6.86. The summed E-state index contributed by atoms with van der Waals surface area (Å²) in [6.45, 7) is 3.86. The van der Waals surface area contributed by atoms with E-state index in [9.17, 15) is 8.42 Å². The Balaban J connectivity index is 0.00000341. The van der Waals surface area contributed by atoms with Crippen LogP contribution in [-0.2, 0) is 26.0 Å². The number of hydrogen-bond donors (Lipinski definition) is 3. The van der Waals surface area contributed by atoms with Crippen molar-refractivity contribution in [2.45, 2.75) is 56.2 Å². The van der Waals surface area contributed by atoms with Gasteiger partial charge in [-0.05, 0) is 43.9 Å². The van der Waals surface area contributed by atoms with Crippen LogP contribution < -0.4 is 15.4 Å². The van der Waals surface area contributed by atoms with Crippen molar-refractivity contribution in [1.29, 1.82) is 0 Å². The lowest BCUT2D eigenvalue weighted by atomic mass is 9.51. The lowest BCUT2D eigenvalue weighted by Crippen LogP contribution is -2.68. The number of ether oxygens (including phenoxy) is 2. The van der Waals surface area contributed by atoms with Crippen molar-refractivity contribution >= 4 is 40.0 Å². The average Bonchev–Trinajstić information content (AvgIpc) is 2.68. The van der Waals surface area contributed by atoms with E-state index in [1.54, 1.807) is 25.2 Å². The molecule has 2 aliphatic carbocycles. The van der Waals surface area contributed by atoms with Crippen molar-refractivity contribution in [2.75, 3.05) is 33.9 Å². The molecule has 10 heteroatoms. The third-order valence-corrected chi connectivity index (χ3v) is 7.70. The number of halogens is 1. The number of guanidine groups is 1. The molecular formula is C21H35IN4O4S. The van der Waals surface area contributed by atoms with Gasteiger partial charge in [0.25, 0.3) is 0 Å². The largest absolute Gasteiger partial charge is 0.383 e. The topological polar surface area (TPSA) is 101 Å². The first-order valence-electron chi connectivity index (χ1n) is 10.6. The molecule has 2 unspecified atom stereocenters. The summed E-state index contributed by atoms with van der Waals surface area (Å²) >= 11 is 0. The third-order valence-electron chi connectivity index (χ3n) is 6.24. The van der Waals surface area contributed by atoms with Gasteiger partial charge >= 0.3 is 0 Å². The van der Waals surface area contributed by atoms with Crippen LogP contribution in [0, 0.1) is 5.41 Å². The first-order valence-corrected chi connectivity index (χ1v) is 12.1. The lowest BCUT2D eigenvalue weighted by Gasteiger charge is -2.61. The summed E-state index contributed by atoms with van der Waals surface area (Å²) in [5.41, 5.74) is 1.11. The highest BCUT2D eigenvalue weighted by atomic mass is 127. The predicted octanol–water partition coefficient (Wildman–Crippen LogP) is 2.24. The van der Waals surface area contributed by atoms with Crippen molar-refractivity contribution in [3.05, 3.63) is 29.8 Å². The summed E-state index contributed by atoms with van der Waals surface area (Å²) < 4.78 is 38.2. The number of sulfonamides is 1. The SMILES string of the molecule is CCOC1CC(NC(=NC)NCc2cccc(S(=O)(=O)NCCOC)c2)C12CCC2.I. The van der Waals surface area contributed by atoms with E-state index in [2.05, 4.69) is 27.3 Å². The highest BCUT2D eigenvalue weighted by molar-refractivity contribution is 14.0. The standard InChI is InChI=1S/C21H34N4O4S.HI/c1-4-29-19-14-18(21(19)9-6-10-21)25-20(22-2)23-15-16-7-5-8-17(13-16)30(26,27)24-11-12-28-3;/h5,7-8,13,18-19,24H,4,6,9-12,14-15H2,1-3H3,(H2,22,23,25);1H. The minimum atomic E-state index is -3.55. The van der Waals surface area contributed by atoms with Crippen LogP contribution in [0.2, 0.25) is 0 Å². The molecule has 2 aliphatic rings. The van der Waals surface area contributed by atoms with Crippen LogP contribution in [0.4, 0.5) is 0 Å². The maximum atomic E-state index is 12.4. The summed E-state index contributed by atoms with van der Waals surface area (Å²) in [4.78, 5) is 4.59. The first kappa shape index (κ1) is 26.3. The molecule has 0 saturated heterocycles. The molecule has 176 valence electrons. The van der Waals surface area contributed by atoms with E-state index in [1.165, 1.54) is 26.4 Å². The monoisotopic (exact) mass is 566 g/mol. The van der Waals surface area contributed by atoms with Gasteiger partial charge in [0.2, 0.25) is 10.0 Å². The van der Waals surface area contributed by atoms with Gasteiger partial charge < -0.3 is 20.1 Å². The van der Waals surface area contributed by atoms with Crippen molar-refractivity contribution in [2.24, 2.45) is 10.4 Å². The Morgan fingerprint density at radius 1 is 1.32 bits per heavy atom. The zero-order valence-electron chi connectivity index (χ0n) is 18.5. The molecule has 0 heterocycles. The molecule has 1 aromatic carbocycles. The molecule has 1 spiro atoms. The fourth-order valence-corrected chi connectivity index (χ4v) is 5.45. The van der Waals surface area contributed by atoms with Crippen LogP contribution in [0.15, 0.2) is 34.2 Å². The molecule has 1 aromatic rings. The smallest absolute Gasteiger partial charge is 0.240 e. The van der Waals surface area contributed by atoms with E-state index in [4.69, 9.17) is 9.47 Å². The number of nitrogens with zero attached hydrogens (tertiary/aromatic N) is 1. The van der Waals surface area contributed by atoms with E-state index in [-0.39, 0.29) is 40.8 Å². The number of nitrogens with one attached hydrogen (secondary N) is 3. The van der Waals surface area contributed by atoms with Crippen LogP contribution in [0.25, 0.3) is 0 Å².